The van der Waals surface area contributed by atoms with Crippen molar-refractivity contribution in [3.63, 3.8) is 0 Å². The molecule has 1 unspecified atom stereocenters. The molecule has 1 aromatic rings. The number of anilines is 1. The maximum Gasteiger partial charge on any atom is 0.335 e. The molecule has 2 N–H and O–H groups in total. The van der Waals surface area contributed by atoms with Crippen molar-refractivity contribution < 1.29 is 14.8 Å². The van der Waals surface area contributed by atoms with E-state index in [1.807, 2.05) is 0 Å². The van der Waals surface area contributed by atoms with Gasteiger partial charge in [0, 0.05) is 18.7 Å². The Morgan fingerprint density at radius 2 is 2.33 bits per heavy atom. The Balaban J connectivity index is 2.19. The first-order valence-electron chi connectivity index (χ1n) is 7.02. The van der Waals surface area contributed by atoms with Crippen LogP contribution in [0.1, 0.15) is 30.1 Å². The molecular formula is C14H19N3O4. The zero-order valence-corrected chi connectivity index (χ0v) is 11.9. The van der Waals surface area contributed by atoms with Crippen LogP contribution in [-0.4, -0.2) is 46.6 Å². The Bertz CT molecular complexity index is 547. The van der Waals surface area contributed by atoms with E-state index in [0.29, 0.717) is 5.69 Å². The lowest BCUT2D eigenvalue weighted by Gasteiger charge is -2.32. The third-order valence-corrected chi connectivity index (χ3v) is 3.75. The summed E-state index contributed by atoms with van der Waals surface area (Å²) in [5, 5.41) is 23.2. The van der Waals surface area contributed by atoms with Crippen LogP contribution in [0.25, 0.3) is 0 Å². The van der Waals surface area contributed by atoms with E-state index < -0.39 is 10.9 Å². The van der Waals surface area contributed by atoms with Crippen molar-refractivity contribution in [1.82, 2.24) is 4.90 Å². The Morgan fingerprint density at radius 1 is 1.57 bits per heavy atom. The van der Waals surface area contributed by atoms with Gasteiger partial charge in [0.15, 0.2) is 0 Å². The van der Waals surface area contributed by atoms with Crippen LogP contribution in [0.5, 0.6) is 0 Å². The zero-order chi connectivity index (χ0) is 15.4. The monoisotopic (exact) mass is 293 g/mol. The van der Waals surface area contributed by atoms with Crippen LogP contribution >= 0.6 is 0 Å². The van der Waals surface area contributed by atoms with Crippen LogP contribution in [0.3, 0.4) is 0 Å². The fourth-order valence-corrected chi connectivity index (χ4v) is 2.62. The molecule has 1 saturated heterocycles. The highest BCUT2D eigenvalue weighted by Crippen LogP contribution is 2.27. The van der Waals surface area contributed by atoms with E-state index in [4.69, 9.17) is 5.11 Å². The molecule has 0 aliphatic carbocycles. The molecular weight excluding hydrogens is 274 g/mol. The van der Waals surface area contributed by atoms with E-state index in [1.54, 1.807) is 0 Å². The molecule has 0 bridgehead atoms. The molecule has 1 aliphatic heterocycles. The first-order chi connectivity index (χ1) is 10.0. The molecule has 0 saturated carbocycles. The van der Waals surface area contributed by atoms with E-state index in [-0.39, 0.29) is 17.3 Å². The number of rotatable bonds is 5. The minimum atomic E-state index is -1.17. The van der Waals surface area contributed by atoms with Gasteiger partial charge in [0.1, 0.15) is 5.69 Å². The van der Waals surface area contributed by atoms with Crippen LogP contribution in [0.2, 0.25) is 0 Å². The number of carboxylic acid groups (broad SMARTS) is 1. The molecule has 2 rings (SSSR count). The summed E-state index contributed by atoms with van der Waals surface area (Å²) in [4.78, 5) is 23.8. The third kappa shape index (κ3) is 3.69. The maximum absolute atomic E-state index is 11.1. The lowest BCUT2D eigenvalue weighted by Crippen LogP contribution is -2.41. The van der Waals surface area contributed by atoms with Crippen LogP contribution in [0.4, 0.5) is 11.4 Å². The van der Waals surface area contributed by atoms with Gasteiger partial charge < -0.3 is 15.3 Å². The van der Waals surface area contributed by atoms with Crippen molar-refractivity contribution in [3.8, 4) is 0 Å². The van der Waals surface area contributed by atoms with Crippen LogP contribution in [0.15, 0.2) is 18.2 Å². The molecule has 1 aliphatic rings. The predicted octanol–water partition coefficient (Wildman–Crippen LogP) is 2.19. The van der Waals surface area contributed by atoms with Gasteiger partial charge >= 0.3 is 5.97 Å². The number of hydrogen-bond acceptors (Lipinski definition) is 5. The second kappa shape index (κ2) is 6.53. The largest absolute Gasteiger partial charge is 0.478 e. The van der Waals surface area contributed by atoms with E-state index in [0.717, 1.165) is 38.5 Å². The van der Waals surface area contributed by atoms with Crippen LogP contribution in [-0.2, 0) is 0 Å². The number of hydrogen-bond donors (Lipinski definition) is 2. The van der Waals surface area contributed by atoms with Gasteiger partial charge in [0.25, 0.3) is 5.69 Å². The smallest absolute Gasteiger partial charge is 0.335 e. The van der Waals surface area contributed by atoms with Gasteiger partial charge in [-0.15, -0.1) is 0 Å². The average molecular weight is 293 g/mol. The van der Waals surface area contributed by atoms with E-state index in [9.17, 15) is 14.9 Å². The molecule has 0 amide bonds. The summed E-state index contributed by atoms with van der Waals surface area (Å²) in [6, 6.07) is 4.11. The second-order valence-corrected chi connectivity index (χ2v) is 5.17. The van der Waals surface area contributed by atoms with Crippen LogP contribution < -0.4 is 5.32 Å². The fourth-order valence-electron chi connectivity index (χ4n) is 2.62. The van der Waals surface area contributed by atoms with Crippen molar-refractivity contribution in [2.75, 3.05) is 25.0 Å². The first kappa shape index (κ1) is 15.2. The summed E-state index contributed by atoms with van der Waals surface area (Å²) >= 11 is 0. The molecule has 1 aromatic carbocycles. The minimum absolute atomic E-state index is 0.0777. The number of likely N-dealkylation sites (tertiary alicyclic amines) is 1. The van der Waals surface area contributed by atoms with Gasteiger partial charge in [-0.05, 0) is 38.1 Å². The second-order valence-electron chi connectivity index (χ2n) is 5.17. The van der Waals surface area contributed by atoms with Crippen molar-refractivity contribution in [2.45, 2.75) is 25.8 Å². The van der Waals surface area contributed by atoms with Crippen molar-refractivity contribution in [1.29, 1.82) is 0 Å². The highest BCUT2D eigenvalue weighted by Gasteiger charge is 2.23. The van der Waals surface area contributed by atoms with E-state index in [2.05, 4.69) is 17.1 Å². The molecule has 1 fully saturated rings. The Hall–Kier alpha value is -2.15. The summed E-state index contributed by atoms with van der Waals surface area (Å²) in [6.07, 6.45) is 2.00. The molecule has 0 radical (unpaired) electrons. The Morgan fingerprint density at radius 3 is 2.95 bits per heavy atom. The number of carbonyl (C=O) groups is 1. The van der Waals surface area contributed by atoms with Gasteiger partial charge in [-0.3, -0.25) is 10.1 Å². The van der Waals surface area contributed by atoms with Gasteiger partial charge in [-0.1, -0.05) is 6.92 Å². The molecule has 114 valence electrons. The predicted molar refractivity (Wildman–Crippen MR) is 78.8 cm³/mol. The SMILES string of the molecule is CCN1CCCC(Nc2ccc(C(=O)O)cc2[N+](=O)[O-])C1. The van der Waals surface area contributed by atoms with Gasteiger partial charge in [-0.25, -0.2) is 4.79 Å². The minimum Gasteiger partial charge on any atom is -0.478 e. The van der Waals surface area contributed by atoms with Crippen molar-refractivity contribution in [3.05, 3.63) is 33.9 Å². The lowest BCUT2D eigenvalue weighted by molar-refractivity contribution is -0.384. The van der Waals surface area contributed by atoms with Gasteiger partial charge in [0.05, 0.1) is 10.5 Å². The summed E-state index contributed by atoms with van der Waals surface area (Å²) in [5.74, 6) is -1.17. The van der Waals surface area contributed by atoms with Crippen molar-refractivity contribution in [2.24, 2.45) is 0 Å². The molecule has 7 heteroatoms. The highest BCUT2D eigenvalue weighted by atomic mass is 16.6. The fraction of sp³-hybridized carbons (Fsp3) is 0.500. The lowest BCUT2D eigenvalue weighted by atomic mass is 10.0. The first-order valence-corrected chi connectivity index (χ1v) is 7.02. The molecule has 7 nitrogen and oxygen atoms in total. The number of nitrogens with one attached hydrogen (secondary N) is 1. The molecule has 0 aromatic heterocycles. The summed E-state index contributed by atoms with van der Waals surface area (Å²) in [5.41, 5.74) is 0.113. The Kier molecular flexibility index (Phi) is 4.74. The maximum atomic E-state index is 11.1. The number of benzene rings is 1. The number of piperidine rings is 1. The number of nitro groups is 1. The average Bonchev–Trinajstić information content (AvgIpc) is 2.47. The summed E-state index contributed by atoms with van der Waals surface area (Å²) < 4.78 is 0. The number of nitrogens with zero attached hydrogens (tertiary/aromatic N) is 2. The summed E-state index contributed by atoms with van der Waals surface area (Å²) in [7, 11) is 0. The normalized spacial score (nSPS) is 19.2. The third-order valence-electron chi connectivity index (χ3n) is 3.75. The van der Waals surface area contributed by atoms with E-state index in [1.165, 1.54) is 12.1 Å². The standard InChI is InChI=1S/C14H19N3O4/c1-2-16-7-3-4-11(9-16)15-12-6-5-10(14(18)19)8-13(12)17(20)21/h5-6,8,11,15H,2-4,7,9H2,1H3,(H,18,19). The van der Waals surface area contributed by atoms with Crippen molar-refractivity contribution >= 4 is 17.3 Å². The zero-order valence-electron chi connectivity index (χ0n) is 11.9. The highest BCUT2D eigenvalue weighted by molar-refractivity contribution is 5.89. The van der Waals surface area contributed by atoms with Gasteiger partial charge in [0.2, 0.25) is 0 Å². The number of likely N-dealkylation sites (N-methyl/N-ethyl adjacent to an activating group) is 1. The molecule has 0 spiro atoms. The van der Waals surface area contributed by atoms with Crippen LogP contribution in [0, 0.1) is 10.1 Å². The number of aromatic carboxylic acids is 1. The summed E-state index contributed by atoms with van der Waals surface area (Å²) in [6.45, 7) is 4.94. The molecule has 1 atom stereocenters. The molecule has 1 heterocycles. The Labute approximate surface area is 122 Å². The van der Waals surface area contributed by atoms with Gasteiger partial charge in [-0.2, -0.15) is 0 Å². The number of carboxylic acids is 1. The topological polar surface area (TPSA) is 95.7 Å². The van der Waals surface area contributed by atoms with E-state index >= 15 is 0 Å². The molecule has 21 heavy (non-hydrogen) atoms. The quantitative estimate of drug-likeness (QED) is 0.638. The number of nitro benzene ring substituents is 1.